The van der Waals surface area contributed by atoms with Crippen LogP contribution in [0.1, 0.15) is 27.6 Å². The minimum atomic E-state index is 0.305. The minimum Gasteiger partial charge on any atom is -0.324 e. The third-order valence-corrected chi connectivity index (χ3v) is 4.44. The molecule has 0 aliphatic heterocycles. The van der Waals surface area contributed by atoms with Crippen molar-refractivity contribution >= 4 is 17.9 Å². The van der Waals surface area contributed by atoms with Crippen LogP contribution >= 0.6 is 11.6 Å². The molecule has 0 fully saturated rings. The van der Waals surface area contributed by atoms with Gasteiger partial charge in [-0.25, -0.2) is 4.98 Å². The zero-order valence-corrected chi connectivity index (χ0v) is 14.5. The van der Waals surface area contributed by atoms with E-state index in [0.717, 1.165) is 40.4 Å². The molecule has 0 unspecified atom stereocenters. The Labute approximate surface area is 144 Å². The fourth-order valence-electron chi connectivity index (χ4n) is 2.97. The molecule has 0 aliphatic carbocycles. The van der Waals surface area contributed by atoms with Gasteiger partial charge >= 0.3 is 0 Å². The number of nitrogens with zero attached hydrogens (tertiary/aromatic N) is 4. The highest BCUT2D eigenvalue weighted by atomic mass is 35.5. The van der Waals surface area contributed by atoms with Gasteiger partial charge in [-0.3, -0.25) is 14.0 Å². The summed E-state index contributed by atoms with van der Waals surface area (Å²) in [6, 6.07) is 5.39. The maximum Gasteiger partial charge on any atom is 0.151 e. The Morgan fingerprint density at radius 1 is 1.33 bits per heavy atom. The Bertz CT molecular complexity index is 925. The van der Waals surface area contributed by atoms with Gasteiger partial charge in [0.25, 0.3) is 0 Å². The van der Waals surface area contributed by atoms with Gasteiger partial charge in [0, 0.05) is 35.6 Å². The highest BCUT2D eigenvalue weighted by molar-refractivity contribution is 6.35. The zero-order valence-electron chi connectivity index (χ0n) is 13.7. The van der Waals surface area contributed by atoms with Gasteiger partial charge < -0.3 is 5.73 Å². The lowest BCUT2D eigenvalue weighted by Crippen LogP contribution is -2.12. The van der Waals surface area contributed by atoms with E-state index in [1.54, 1.807) is 16.9 Å². The second-order valence-corrected chi connectivity index (χ2v) is 5.97. The molecule has 2 N–H and O–H groups in total. The summed E-state index contributed by atoms with van der Waals surface area (Å²) in [6.45, 7) is 4.18. The predicted octanol–water partition coefficient (Wildman–Crippen LogP) is 2.81. The first-order valence-corrected chi connectivity index (χ1v) is 7.88. The fourth-order valence-corrected chi connectivity index (χ4v) is 3.24. The lowest BCUT2D eigenvalue weighted by atomic mass is 10.0. The number of aldehydes is 1. The number of hydrogen-bond acceptors (Lipinski definition) is 4. The SMILES string of the molecule is Cc1nn(C)c(-n2c(C)cnc2CN)c1-c1cccc(C=O)c1Cl. The molecule has 3 aromatic rings. The van der Waals surface area contributed by atoms with E-state index < -0.39 is 0 Å². The number of nitrogens with two attached hydrogens (primary N) is 1. The third kappa shape index (κ3) is 2.44. The van der Waals surface area contributed by atoms with Crippen molar-refractivity contribution in [2.75, 3.05) is 0 Å². The molecular formula is C17H18ClN5O. The summed E-state index contributed by atoms with van der Waals surface area (Å²) in [6.07, 6.45) is 2.53. The van der Waals surface area contributed by atoms with Crippen molar-refractivity contribution in [1.29, 1.82) is 0 Å². The molecule has 0 radical (unpaired) electrons. The van der Waals surface area contributed by atoms with Crippen molar-refractivity contribution in [3.8, 4) is 16.9 Å². The van der Waals surface area contributed by atoms with Gasteiger partial charge in [0.2, 0.25) is 0 Å². The van der Waals surface area contributed by atoms with Crippen LogP contribution in [0, 0.1) is 13.8 Å². The highest BCUT2D eigenvalue weighted by Gasteiger charge is 2.22. The lowest BCUT2D eigenvalue weighted by Gasteiger charge is -2.14. The summed E-state index contributed by atoms with van der Waals surface area (Å²) in [5.41, 5.74) is 9.67. The molecule has 6 nitrogen and oxygen atoms in total. The van der Waals surface area contributed by atoms with Gasteiger partial charge in [-0.1, -0.05) is 29.8 Å². The van der Waals surface area contributed by atoms with Crippen LogP contribution in [-0.4, -0.2) is 25.6 Å². The first kappa shape index (κ1) is 16.4. The van der Waals surface area contributed by atoms with Gasteiger partial charge in [0.15, 0.2) is 6.29 Å². The molecule has 7 heteroatoms. The van der Waals surface area contributed by atoms with Gasteiger partial charge in [-0.15, -0.1) is 0 Å². The molecule has 0 atom stereocenters. The molecule has 2 heterocycles. The molecule has 0 bridgehead atoms. The van der Waals surface area contributed by atoms with E-state index in [9.17, 15) is 4.79 Å². The summed E-state index contributed by atoms with van der Waals surface area (Å²) in [5.74, 6) is 1.56. The molecule has 0 aliphatic rings. The van der Waals surface area contributed by atoms with E-state index in [1.165, 1.54) is 0 Å². The monoisotopic (exact) mass is 343 g/mol. The van der Waals surface area contributed by atoms with Crippen LogP contribution in [0.25, 0.3) is 16.9 Å². The molecule has 0 spiro atoms. The van der Waals surface area contributed by atoms with Crippen molar-refractivity contribution in [1.82, 2.24) is 19.3 Å². The second kappa shape index (κ2) is 6.22. The standard InChI is InChI=1S/C17H18ClN5O/c1-10-8-20-14(7-19)23(10)17-15(11(2)21-22(17)3)13-6-4-5-12(9-24)16(13)18/h4-6,8-9H,7,19H2,1-3H3. The van der Waals surface area contributed by atoms with Gasteiger partial charge in [0.1, 0.15) is 11.6 Å². The lowest BCUT2D eigenvalue weighted by molar-refractivity contribution is 0.112. The molecule has 3 rings (SSSR count). The van der Waals surface area contributed by atoms with Crippen molar-refractivity contribution in [2.24, 2.45) is 12.8 Å². The smallest absolute Gasteiger partial charge is 0.151 e. The van der Waals surface area contributed by atoms with Crippen molar-refractivity contribution in [2.45, 2.75) is 20.4 Å². The van der Waals surface area contributed by atoms with Crippen LogP contribution < -0.4 is 5.73 Å². The quantitative estimate of drug-likeness (QED) is 0.739. The fraction of sp³-hybridized carbons (Fsp3) is 0.235. The largest absolute Gasteiger partial charge is 0.324 e. The Balaban J connectivity index is 2.36. The van der Waals surface area contributed by atoms with Crippen molar-refractivity contribution in [3.63, 3.8) is 0 Å². The van der Waals surface area contributed by atoms with Crippen LogP contribution in [-0.2, 0) is 13.6 Å². The third-order valence-electron chi connectivity index (χ3n) is 4.02. The number of rotatable bonds is 4. The number of halogens is 1. The van der Waals surface area contributed by atoms with E-state index in [2.05, 4.69) is 10.1 Å². The Morgan fingerprint density at radius 3 is 2.75 bits per heavy atom. The summed E-state index contributed by atoms with van der Waals surface area (Å²) < 4.78 is 3.75. The van der Waals surface area contributed by atoms with Gasteiger partial charge in [-0.2, -0.15) is 5.10 Å². The first-order chi connectivity index (χ1) is 11.5. The number of carbonyl (C=O) groups is 1. The summed E-state index contributed by atoms with van der Waals surface area (Å²) in [5, 5.41) is 4.95. The minimum absolute atomic E-state index is 0.305. The molecule has 0 saturated heterocycles. The number of aromatic nitrogens is 4. The van der Waals surface area contributed by atoms with Crippen LogP contribution in [0.5, 0.6) is 0 Å². The van der Waals surface area contributed by atoms with E-state index in [4.69, 9.17) is 17.3 Å². The maximum atomic E-state index is 11.2. The van der Waals surface area contributed by atoms with E-state index in [1.807, 2.05) is 37.6 Å². The van der Waals surface area contributed by atoms with E-state index in [-0.39, 0.29) is 0 Å². The predicted molar refractivity (Wildman–Crippen MR) is 93.5 cm³/mol. The van der Waals surface area contributed by atoms with Crippen LogP contribution in [0.15, 0.2) is 24.4 Å². The second-order valence-electron chi connectivity index (χ2n) is 5.59. The zero-order chi connectivity index (χ0) is 17.4. The number of carbonyl (C=O) groups excluding carboxylic acids is 1. The molecule has 0 saturated carbocycles. The normalized spacial score (nSPS) is 11.0. The molecular weight excluding hydrogens is 326 g/mol. The van der Waals surface area contributed by atoms with Crippen molar-refractivity contribution < 1.29 is 4.79 Å². The average Bonchev–Trinajstić information content (AvgIpc) is 3.06. The number of hydrogen-bond donors (Lipinski definition) is 1. The summed E-state index contributed by atoms with van der Waals surface area (Å²) >= 11 is 6.45. The topological polar surface area (TPSA) is 78.7 Å². The van der Waals surface area contributed by atoms with Crippen molar-refractivity contribution in [3.05, 3.63) is 52.2 Å². The van der Waals surface area contributed by atoms with E-state index >= 15 is 0 Å². The number of imidazole rings is 1. The first-order valence-electron chi connectivity index (χ1n) is 7.50. The molecule has 2 aromatic heterocycles. The number of benzene rings is 1. The maximum absolute atomic E-state index is 11.2. The molecule has 24 heavy (non-hydrogen) atoms. The molecule has 0 amide bonds. The number of aryl methyl sites for hydroxylation is 3. The molecule has 1 aromatic carbocycles. The summed E-state index contributed by atoms with van der Waals surface area (Å²) in [4.78, 5) is 15.6. The Kier molecular flexibility index (Phi) is 4.26. The summed E-state index contributed by atoms with van der Waals surface area (Å²) in [7, 11) is 1.86. The van der Waals surface area contributed by atoms with Crippen LogP contribution in [0.2, 0.25) is 5.02 Å². The van der Waals surface area contributed by atoms with Gasteiger partial charge in [0.05, 0.1) is 17.3 Å². The Hall–Kier alpha value is -2.44. The Morgan fingerprint density at radius 2 is 2.08 bits per heavy atom. The van der Waals surface area contributed by atoms with E-state index in [0.29, 0.717) is 17.1 Å². The van der Waals surface area contributed by atoms with Crippen LogP contribution in [0.3, 0.4) is 0 Å². The highest BCUT2D eigenvalue weighted by Crippen LogP contribution is 2.36. The van der Waals surface area contributed by atoms with Crippen LogP contribution in [0.4, 0.5) is 0 Å². The molecule has 124 valence electrons. The van der Waals surface area contributed by atoms with Gasteiger partial charge in [-0.05, 0) is 13.8 Å². The average molecular weight is 344 g/mol.